The van der Waals surface area contributed by atoms with Gasteiger partial charge in [0.15, 0.2) is 0 Å². The van der Waals surface area contributed by atoms with Gasteiger partial charge in [-0.15, -0.1) is 0 Å². The normalized spacial score (nSPS) is 24.3. The number of piperidine rings is 1. The summed E-state index contributed by atoms with van der Waals surface area (Å²) in [6.45, 7) is 1.86. The van der Waals surface area contributed by atoms with Crippen LogP contribution in [-0.2, 0) is 6.54 Å². The Morgan fingerprint density at radius 3 is 2.91 bits per heavy atom. The second-order valence-electron chi connectivity index (χ2n) is 6.52. The molecule has 2 aliphatic heterocycles. The number of methoxy groups -OCH3 is 1. The van der Waals surface area contributed by atoms with Crippen LogP contribution in [0.15, 0.2) is 16.9 Å². The molecule has 122 valence electrons. The summed E-state index contributed by atoms with van der Waals surface area (Å²) in [5.41, 5.74) is 0.692. The number of benzene rings is 1. The molecule has 23 heavy (non-hydrogen) atoms. The second-order valence-corrected chi connectivity index (χ2v) is 6.92. The molecule has 0 N–H and O–H groups in total. The summed E-state index contributed by atoms with van der Waals surface area (Å²) < 4.78 is 7.12. The standard InChI is InChI=1S/C17H20ClN3O2/c1-20-6-3-4-10-14(20)5-7-21-16(10)19-13-9-15(23-2)12(18)8-11(13)17(21)22/h8-10,14H,3-7H2,1-2H3/t10-,14-/m1/s1. The van der Waals surface area contributed by atoms with E-state index < -0.39 is 0 Å². The highest BCUT2D eigenvalue weighted by Crippen LogP contribution is 2.37. The lowest BCUT2D eigenvalue weighted by Gasteiger charge is -2.42. The van der Waals surface area contributed by atoms with E-state index in [1.54, 1.807) is 19.2 Å². The lowest BCUT2D eigenvalue weighted by Crippen LogP contribution is -2.47. The van der Waals surface area contributed by atoms with Crippen molar-refractivity contribution in [2.75, 3.05) is 20.7 Å². The van der Waals surface area contributed by atoms with Gasteiger partial charge in [-0.05, 0) is 38.9 Å². The van der Waals surface area contributed by atoms with Crippen molar-refractivity contribution in [2.24, 2.45) is 0 Å². The van der Waals surface area contributed by atoms with E-state index in [1.165, 1.54) is 0 Å². The Balaban J connectivity index is 1.94. The van der Waals surface area contributed by atoms with Crippen LogP contribution >= 0.6 is 11.6 Å². The topological polar surface area (TPSA) is 47.4 Å². The van der Waals surface area contributed by atoms with E-state index in [2.05, 4.69) is 11.9 Å². The smallest absolute Gasteiger partial charge is 0.261 e. The minimum absolute atomic E-state index is 0.0150. The Morgan fingerprint density at radius 2 is 2.13 bits per heavy atom. The molecule has 3 heterocycles. The first-order valence-corrected chi connectivity index (χ1v) is 8.46. The maximum atomic E-state index is 12.9. The van der Waals surface area contributed by atoms with E-state index in [0.29, 0.717) is 33.6 Å². The molecule has 1 aromatic carbocycles. The van der Waals surface area contributed by atoms with Gasteiger partial charge in [-0.3, -0.25) is 9.36 Å². The molecule has 2 aliphatic rings. The number of likely N-dealkylation sites (N-methyl/N-ethyl adjacent to an activating group) is 1. The van der Waals surface area contributed by atoms with Crippen molar-refractivity contribution < 1.29 is 4.74 Å². The van der Waals surface area contributed by atoms with E-state index in [-0.39, 0.29) is 5.56 Å². The fraction of sp³-hybridized carbons (Fsp3) is 0.529. The minimum atomic E-state index is 0.0150. The molecule has 5 nitrogen and oxygen atoms in total. The molecule has 0 unspecified atom stereocenters. The molecular weight excluding hydrogens is 314 g/mol. The summed E-state index contributed by atoms with van der Waals surface area (Å²) in [7, 11) is 3.75. The molecule has 0 saturated carbocycles. The van der Waals surface area contributed by atoms with Crippen LogP contribution in [0.5, 0.6) is 5.75 Å². The lowest BCUT2D eigenvalue weighted by atomic mass is 9.84. The van der Waals surface area contributed by atoms with Gasteiger partial charge in [0.1, 0.15) is 11.6 Å². The number of fused-ring (bicyclic) bond motifs is 4. The summed E-state index contributed by atoms with van der Waals surface area (Å²) in [6, 6.07) is 3.94. The SMILES string of the molecule is COc1cc2nc3n(c(=O)c2cc1Cl)CC[C@@H]1[C@H]3CCCN1C. The Kier molecular flexibility index (Phi) is 3.58. The first-order valence-electron chi connectivity index (χ1n) is 8.08. The second kappa shape index (κ2) is 5.49. The average molecular weight is 334 g/mol. The summed E-state index contributed by atoms with van der Waals surface area (Å²) in [5, 5.41) is 1.02. The van der Waals surface area contributed by atoms with E-state index in [4.69, 9.17) is 21.3 Å². The fourth-order valence-electron chi connectivity index (χ4n) is 4.11. The zero-order valence-electron chi connectivity index (χ0n) is 13.4. The molecule has 0 amide bonds. The molecule has 4 rings (SSSR count). The first-order chi connectivity index (χ1) is 11.1. The highest BCUT2D eigenvalue weighted by atomic mass is 35.5. The number of rotatable bonds is 1. The molecule has 1 aromatic heterocycles. The molecule has 1 saturated heterocycles. The highest BCUT2D eigenvalue weighted by Gasteiger charge is 2.36. The maximum absolute atomic E-state index is 12.9. The lowest BCUT2D eigenvalue weighted by molar-refractivity contribution is 0.123. The van der Waals surface area contributed by atoms with Crippen molar-refractivity contribution in [1.29, 1.82) is 0 Å². The van der Waals surface area contributed by atoms with Crippen LogP contribution in [0.2, 0.25) is 5.02 Å². The van der Waals surface area contributed by atoms with Crippen LogP contribution in [0.4, 0.5) is 0 Å². The fourth-order valence-corrected chi connectivity index (χ4v) is 4.35. The van der Waals surface area contributed by atoms with Gasteiger partial charge in [-0.2, -0.15) is 0 Å². The van der Waals surface area contributed by atoms with Crippen LogP contribution in [0.25, 0.3) is 10.9 Å². The number of nitrogens with zero attached hydrogens (tertiary/aromatic N) is 3. The number of likely N-dealkylation sites (tertiary alicyclic amines) is 1. The molecule has 0 bridgehead atoms. The summed E-state index contributed by atoms with van der Waals surface area (Å²) in [4.78, 5) is 20.1. The van der Waals surface area contributed by atoms with Gasteiger partial charge in [0, 0.05) is 24.6 Å². The molecule has 2 aromatic rings. The zero-order valence-corrected chi connectivity index (χ0v) is 14.1. The van der Waals surface area contributed by atoms with Crippen molar-refractivity contribution in [1.82, 2.24) is 14.5 Å². The van der Waals surface area contributed by atoms with Crippen molar-refractivity contribution in [3.8, 4) is 5.75 Å². The average Bonchev–Trinajstić information content (AvgIpc) is 2.55. The Bertz CT molecular complexity index is 833. The Labute approximate surface area is 139 Å². The van der Waals surface area contributed by atoms with Crippen LogP contribution in [0.3, 0.4) is 0 Å². The number of halogens is 1. The van der Waals surface area contributed by atoms with Crippen molar-refractivity contribution in [3.63, 3.8) is 0 Å². The summed E-state index contributed by atoms with van der Waals surface area (Å²) >= 11 is 6.18. The maximum Gasteiger partial charge on any atom is 0.261 e. The van der Waals surface area contributed by atoms with E-state index in [1.807, 2.05) is 4.57 Å². The third-order valence-corrected chi connectivity index (χ3v) is 5.59. The molecule has 0 aliphatic carbocycles. The van der Waals surface area contributed by atoms with Crippen molar-refractivity contribution >= 4 is 22.5 Å². The third-order valence-electron chi connectivity index (χ3n) is 5.29. The van der Waals surface area contributed by atoms with Crippen LogP contribution in [0, 0.1) is 0 Å². The first kappa shape index (κ1) is 15.0. The summed E-state index contributed by atoms with van der Waals surface area (Å²) in [6.07, 6.45) is 3.25. The van der Waals surface area contributed by atoms with E-state index >= 15 is 0 Å². The number of aromatic nitrogens is 2. The predicted molar refractivity (Wildman–Crippen MR) is 90.6 cm³/mol. The zero-order chi connectivity index (χ0) is 16.1. The van der Waals surface area contributed by atoms with Gasteiger partial charge >= 0.3 is 0 Å². The van der Waals surface area contributed by atoms with Gasteiger partial charge in [0.25, 0.3) is 5.56 Å². The van der Waals surface area contributed by atoms with E-state index in [0.717, 1.165) is 38.2 Å². The van der Waals surface area contributed by atoms with Gasteiger partial charge in [-0.25, -0.2) is 4.98 Å². The monoisotopic (exact) mass is 333 g/mol. The van der Waals surface area contributed by atoms with Gasteiger partial charge in [0.2, 0.25) is 0 Å². The molecule has 1 fully saturated rings. The van der Waals surface area contributed by atoms with Gasteiger partial charge in [-0.1, -0.05) is 11.6 Å². The molecule has 0 spiro atoms. The van der Waals surface area contributed by atoms with Crippen LogP contribution < -0.4 is 10.3 Å². The molecule has 0 radical (unpaired) electrons. The quantitative estimate of drug-likeness (QED) is 0.805. The molecule has 6 heteroatoms. The largest absolute Gasteiger partial charge is 0.495 e. The van der Waals surface area contributed by atoms with Crippen LogP contribution in [0.1, 0.15) is 31.0 Å². The minimum Gasteiger partial charge on any atom is -0.495 e. The highest BCUT2D eigenvalue weighted by molar-refractivity contribution is 6.32. The van der Waals surface area contributed by atoms with Gasteiger partial charge in [0.05, 0.1) is 23.0 Å². The number of hydrogen-bond donors (Lipinski definition) is 0. The number of ether oxygens (including phenoxy) is 1. The molecular formula is C17H20ClN3O2. The van der Waals surface area contributed by atoms with Gasteiger partial charge < -0.3 is 9.64 Å². The van der Waals surface area contributed by atoms with Crippen LogP contribution in [-0.4, -0.2) is 41.2 Å². The van der Waals surface area contributed by atoms with E-state index in [9.17, 15) is 4.79 Å². The van der Waals surface area contributed by atoms with Crippen molar-refractivity contribution in [2.45, 2.75) is 37.8 Å². The summed E-state index contributed by atoms with van der Waals surface area (Å²) in [5.74, 6) is 1.82. The number of hydrogen-bond acceptors (Lipinski definition) is 4. The molecule has 2 atom stereocenters. The predicted octanol–water partition coefficient (Wildman–Crippen LogP) is 2.64. The Morgan fingerprint density at radius 1 is 1.30 bits per heavy atom. The Hall–Kier alpha value is -1.59. The van der Waals surface area contributed by atoms with Crippen molar-refractivity contribution in [3.05, 3.63) is 33.3 Å². The third kappa shape index (κ3) is 2.25.